The number of hydrogen-bond donors (Lipinski definition) is 2. The van der Waals surface area contributed by atoms with Crippen molar-refractivity contribution < 1.29 is 19.1 Å². The van der Waals surface area contributed by atoms with Crippen molar-refractivity contribution in [2.75, 3.05) is 28.3 Å². The Morgan fingerprint density at radius 2 is 1.74 bits per heavy atom. The van der Waals surface area contributed by atoms with Gasteiger partial charge in [0.2, 0.25) is 5.91 Å². The Morgan fingerprint density at radius 3 is 2.33 bits per heavy atom. The minimum absolute atomic E-state index is 0.412. The Bertz CT molecular complexity index is 780. The van der Waals surface area contributed by atoms with Gasteiger partial charge < -0.3 is 14.8 Å². The van der Waals surface area contributed by atoms with E-state index < -0.39 is 18.0 Å². The predicted octanol–water partition coefficient (Wildman–Crippen LogP) is 2.33. The third kappa shape index (κ3) is 4.98. The monoisotopic (exact) mass is 371 g/mol. The molecule has 2 rings (SSSR count). The van der Waals surface area contributed by atoms with E-state index in [0.717, 1.165) is 11.1 Å². The summed E-state index contributed by atoms with van der Waals surface area (Å²) in [6, 6.07) is 13.7. The van der Waals surface area contributed by atoms with Gasteiger partial charge in [-0.3, -0.25) is 15.0 Å². The van der Waals surface area contributed by atoms with E-state index in [-0.39, 0.29) is 0 Å². The van der Waals surface area contributed by atoms with Crippen LogP contribution in [0, 0.1) is 0 Å². The van der Waals surface area contributed by atoms with Gasteiger partial charge >= 0.3 is 6.03 Å². The van der Waals surface area contributed by atoms with Crippen LogP contribution < -0.4 is 20.1 Å². The van der Waals surface area contributed by atoms with Gasteiger partial charge in [0.15, 0.2) is 11.5 Å². The summed E-state index contributed by atoms with van der Waals surface area (Å²) < 4.78 is 10.8. The lowest BCUT2D eigenvalue weighted by Crippen LogP contribution is -2.44. The van der Waals surface area contributed by atoms with Crippen LogP contribution in [0.15, 0.2) is 48.5 Å². The summed E-state index contributed by atoms with van der Waals surface area (Å²) in [5.74, 6) is 0.824. The van der Waals surface area contributed by atoms with Gasteiger partial charge in [-0.2, -0.15) is 0 Å². The number of carbonyl (C=O) groups is 2. The summed E-state index contributed by atoms with van der Waals surface area (Å²) in [6.45, 7) is 0.418. The Labute approximate surface area is 159 Å². The number of hydrogen-bond acceptors (Lipinski definition) is 5. The summed E-state index contributed by atoms with van der Waals surface area (Å²) in [5.41, 5.74) is 1.65. The maximum absolute atomic E-state index is 12.8. The van der Waals surface area contributed by atoms with Crippen molar-refractivity contribution in [2.24, 2.45) is 0 Å². The molecule has 0 unspecified atom stereocenters. The first kappa shape index (κ1) is 20.3. The van der Waals surface area contributed by atoms with Gasteiger partial charge in [-0.25, -0.2) is 4.79 Å². The van der Waals surface area contributed by atoms with E-state index in [1.165, 1.54) is 7.05 Å². The van der Waals surface area contributed by atoms with Crippen molar-refractivity contribution in [1.82, 2.24) is 15.5 Å². The molecule has 27 heavy (non-hydrogen) atoms. The normalized spacial score (nSPS) is 11.6. The molecule has 0 radical (unpaired) electrons. The molecule has 2 aromatic rings. The fraction of sp³-hybridized carbons (Fsp3) is 0.300. The van der Waals surface area contributed by atoms with Crippen LogP contribution in [-0.4, -0.2) is 45.2 Å². The van der Waals surface area contributed by atoms with Crippen LogP contribution in [0.1, 0.15) is 17.2 Å². The zero-order chi connectivity index (χ0) is 19.8. The highest BCUT2D eigenvalue weighted by Crippen LogP contribution is 2.33. The average Bonchev–Trinajstić information content (AvgIpc) is 2.68. The van der Waals surface area contributed by atoms with Crippen molar-refractivity contribution in [3.8, 4) is 11.5 Å². The molecule has 1 atom stereocenters. The molecule has 0 bridgehead atoms. The van der Waals surface area contributed by atoms with Crippen molar-refractivity contribution in [3.05, 3.63) is 59.7 Å². The van der Waals surface area contributed by atoms with Crippen molar-refractivity contribution in [1.29, 1.82) is 0 Å². The first-order valence-corrected chi connectivity index (χ1v) is 8.49. The Morgan fingerprint density at radius 1 is 1.04 bits per heavy atom. The molecule has 7 heteroatoms. The lowest BCUT2D eigenvalue weighted by Gasteiger charge is -2.28. The second-order valence-electron chi connectivity index (χ2n) is 5.95. The van der Waals surface area contributed by atoms with Gasteiger partial charge in [0.05, 0.1) is 14.2 Å². The molecule has 2 N–H and O–H groups in total. The third-order valence-corrected chi connectivity index (χ3v) is 4.17. The van der Waals surface area contributed by atoms with Crippen molar-refractivity contribution in [2.45, 2.75) is 12.6 Å². The Kier molecular flexibility index (Phi) is 7.19. The van der Waals surface area contributed by atoms with Crippen molar-refractivity contribution >= 4 is 11.9 Å². The van der Waals surface area contributed by atoms with E-state index in [0.29, 0.717) is 18.0 Å². The fourth-order valence-corrected chi connectivity index (χ4v) is 2.92. The lowest BCUT2D eigenvalue weighted by atomic mass is 10.0. The molecule has 0 aliphatic rings. The number of nitrogens with one attached hydrogen (secondary N) is 2. The molecule has 144 valence electrons. The number of carbonyl (C=O) groups excluding carboxylic acids is 2. The second kappa shape index (κ2) is 9.59. The number of para-hydroxylation sites is 1. The quantitative estimate of drug-likeness (QED) is 0.781. The second-order valence-corrected chi connectivity index (χ2v) is 5.95. The minimum Gasteiger partial charge on any atom is -0.493 e. The number of ether oxygens (including phenoxy) is 2. The first-order valence-electron chi connectivity index (χ1n) is 8.49. The molecule has 2 aromatic carbocycles. The third-order valence-electron chi connectivity index (χ3n) is 4.17. The van der Waals surface area contributed by atoms with E-state index in [9.17, 15) is 9.59 Å². The zero-order valence-electron chi connectivity index (χ0n) is 16.0. The summed E-state index contributed by atoms with van der Waals surface area (Å²) in [7, 11) is 6.44. The highest BCUT2D eigenvalue weighted by atomic mass is 16.5. The molecular weight excluding hydrogens is 346 g/mol. The fourth-order valence-electron chi connectivity index (χ4n) is 2.92. The highest BCUT2D eigenvalue weighted by Gasteiger charge is 2.27. The topological polar surface area (TPSA) is 79.9 Å². The van der Waals surface area contributed by atoms with Crippen molar-refractivity contribution in [3.63, 3.8) is 0 Å². The Hall–Kier alpha value is -3.06. The smallest absolute Gasteiger partial charge is 0.321 e. The van der Waals surface area contributed by atoms with Crippen LogP contribution in [0.2, 0.25) is 0 Å². The van der Waals surface area contributed by atoms with E-state index in [4.69, 9.17) is 9.47 Å². The number of nitrogens with zero attached hydrogens (tertiary/aromatic N) is 1. The molecule has 0 aliphatic heterocycles. The summed E-state index contributed by atoms with van der Waals surface area (Å²) in [6.07, 6.45) is 0. The van der Waals surface area contributed by atoms with Gasteiger partial charge in [-0.1, -0.05) is 42.5 Å². The van der Waals surface area contributed by atoms with Crippen LogP contribution in [0.25, 0.3) is 0 Å². The first-order chi connectivity index (χ1) is 13.0. The van der Waals surface area contributed by atoms with E-state index in [2.05, 4.69) is 10.6 Å². The summed E-state index contributed by atoms with van der Waals surface area (Å²) >= 11 is 0. The number of amides is 3. The average molecular weight is 371 g/mol. The van der Waals surface area contributed by atoms with E-state index in [1.807, 2.05) is 60.5 Å². The Balaban J connectivity index is 2.33. The maximum atomic E-state index is 12.8. The molecule has 7 nitrogen and oxygen atoms in total. The van der Waals surface area contributed by atoms with Gasteiger partial charge in [0.1, 0.15) is 6.04 Å². The standard InChI is InChI=1S/C20H25N3O4/c1-21-20(25)22-19(24)17(14-9-6-5-7-10-14)23(2)13-15-11-8-12-16(26-3)18(15)27-4/h5-12,17H,13H2,1-4H3,(H2,21,22,24,25)/t17-/m0/s1. The molecule has 0 aromatic heterocycles. The van der Waals surface area contributed by atoms with E-state index >= 15 is 0 Å². The number of benzene rings is 2. The summed E-state index contributed by atoms with van der Waals surface area (Å²) in [4.78, 5) is 26.2. The van der Waals surface area contributed by atoms with Crippen LogP contribution in [0.4, 0.5) is 4.79 Å². The highest BCUT2D eigenvalue weighted by molar-refractivity contribution is 5.97. The number of rotatable bonds is 7. The van der Waals surface area contributed by atoms with Gasteiger partial charge in [-0.15, -0.1) is 0 Å². The number of likely N-dealkylation sites (N-methyl/N-ethyl adjacent to an activating group) is 1. The predicted molar refractivity (Wildman–Crippen MR) is 103 cm³/mol. The largest absolute Gasteiger partial charge is 0.493 e. The number of imide groups is 1. The molecule has 3 amide bonds. The lowest BCUT2D eigenvalue weighted by molar-refractivity contribution is -0.125. The number of methoxy groups -OCH3 is 2. The molecule has 0 heterocycles. The number of urea groups is 1. The van der Waals surface area contributed by atoms with Gasteiger partial charge in [-0.05, 0) is 18.7 Å². The maximum Gasteiger partial charge on any atom is 0.321 e. The minimum atomic E-state index is -0.653. The van der Waals surface area contributed by atoms with Gasteiger partial charge in [0.25, 0.3) is 0 Å². The molecule has 0 saturated carbocycles. The molecule has 0 saturated heterocycles. The van der Waals surface area contributed by atoms with Crippen LogP contribution in [0.5, 0.6) is 11.5 Å². The molecule has 0 spiro atoms. The zero-order valence-corrected chi connectivity index (χ0v) is 16.0. The van der Waals surface area contributed by atoms with Gasteiger partial charge in [0, 0.05) is 19.2 Å². The van der Waals surface area contributed by atoms with Crippen LogP contribution in [0.3, 0.4) is 0 Å². The SMILES string of the molecule is CNC(=O)NC(=O)[C@H](c1ccccc1)N(C)Cc1cccc(OC)c1OC. The summed E-state index contributed by atoms with van der Waals surface area (Å²) in [5, 5.41) is 4.76. The van der Waals surface area contributed by atoms with E-state index in [1.54, 1.807) is 14.2 Å². The molecular formula is C20H25N3O4. The van der Waals surface area contributed by atoms with Crippen LogP contribution in [-0.2, 0) is 11.3 Å². The molecule has 0 fully saturated rings. The van der Waals surface area contributed by atoms with Crippen LogP contribution >= 0.6 is 0 Å². The molecule has 0 aliphatic carbocycles.